The molecule has 2 aromatic carbocycles. The highest BCUT2D eigenvalue weighted by Gasteiger charge is 2.31. The zero-order chi connectivity index (χ0) is 25.2. The predicted octanol–water partition coefficient (Wildman–Crippen LogP) is 5.83. The van der Waals surface area contributed by atoms with Gasteiger partial charge in [-0.15, -0.1) is 13.2 Å². The van der Waals surface area contributed by atoms with Gasteiger partial charge in [-0.3, -0.25) is 4.79 Å². The second-order valence-electron chi connectivity index (χ2n) is 8.31. The van der Waals surface area contributed by atoms with Crippen LogP contribution in [0, 0.1) is 0 Å². The average Bonchev–Trinajstić information content (AvgIpc) is 3.63. The van der Waals surface area contributed by atoms with Crippen molar-refractivity contribution in [2.24, 2.45) is 0 Å². The molecule has 1 aliphatic carbocycles. The van der Waals surface area contributed by atoms with E-state index in [0.717, 1.165) is 24.0 Å². The van der Waals surface area contributed by atoms with Crippen LogP contribution in [0.3, 0.4) is 0 Å². The summed E-state index contributed by atoms with van der Waals surface area (Å²) in [5, 5.41) is 12.3. The van der Waals surface area contributed by atoms with E-state index in [2.05, 4.69) is 10.1 Å². The SMILES string of the molecule is O=C(O)c1ccc(CCn2c(CNc3cccc(OC(F)(F)F)c3)c(C3CC3)cc(Cl)c2=O)cc1. The number of carboxylic acid groups (broad SMARTS) is 1. The topological polar surface area (TPSA) is 80.6 Å². The van der Waals surface area contributed by atoms with Crippen LogP contribution in [-0.2, 0) is 19.5 Å². The summed E-state index contributed by atoms with van der Waals surface area (Å²) in [5.41, 5.74) is 2.73. The molecule has 35 heavy (non-hydrogen) atoms. The Hall–Kier alpha value is -3.46. The highest BCUT2D eigenvalue weighted by molar-refractivity contribution is 6.30. The van der Waals surface area contributed by atoms with E-state index in [9.17, 15) is 22.8 Å². The third-order valence-corrected chi connectivity index (χ3v) is 6.03. The van der Waals surface area contributed by atoms with E-state index >= 15 is 0 Å². The largest absolute Gasteiger partial charge is 0.573 e. The van der Waals surface area contributed by atoms with Gasteiger partial charge in [-0.25, -0.2) is 4.79 Å². The molecule has 0 bridgehead atoms. The number of carbonyl (C=O) groups is 1. The smallest absolute Gasteiger partial charge is 0.478 e. The first kappa shape index (κ1) is 24.7. The van der Waals surface area contributed by atoms with Crippen LogP contribution in [-0.4, -0.2) is 22.0 Å². The molecular weight excluding hydrogens is 485 g/mol. The van der Waals surface area contributed by atoms with Gasteiger partial charge >= 0.3 is 12.3 Å². The van der Waals surface area contributed by atoms with Crippen molar-refractivity contribution >= 4 is 23.3 Å². The molecule has 0 spiro atoms. The third-order valence-electron chi connectivity index (χ3n) is 5.76. The summed E-state index contributed by atoms with van der Waals surface area (Å²) in [7, 11) is 0. The molecule has 1 saturated carbocycles. The minimum absolute atomic E-state index is 0.109. The monoisotopic (exact) mass is 506 g/mol. The van der Waals surface area contributed by atoms with Gasteiger partial charge in [0.2, 0.25) is 0 Å². The van der Waals surface area contributed by atoms with Crippen molar-refractivity contribution in [3.05, 3.63) is 92.4 Å². The number of carboxylic acids is 1. The summed E-state index contributed by atoms with van der Waals surface area (Å²) in [4.78, 5) is 24.0. The van der Waals surface area contributed by atoms with Gasteiger partial charge in [-0.1, -0.05) is 29.8 Å². The molecule has 184 valence electrons. The van der Waals surface area contributed by atoms with E-state index in [-0.39, 0.29) is 34.4 Å². The maximum absolute atomic E-state index is 13.0. The van der Waals surface area contributed by atoms with Crippen LogP contribution in [0.5, 0.6) is 5.75 Å². The number of halogens is 4. The van der Waals surface area contributed by atoms with E-state index in [1.165, 1.54) is 30.3 Å². The van der Waals surface area contributed by atoms with Crippen molar-refractivity contribution in [2.45, 2.75) is 44.6 Å². The Morgan fingerprint density at radius 1 is 1.14 bits per heavy atom. The van der Waals surface area contributed by atoms with Crippen LogP contribution in [0.4, 0.5) is 18.9 Å². The van der Waals surface area contributed by atoms with Gasteiger partial charge in [-0.05, 0) is 66.6 Å². The summed E-state index contributed by atoms with van der Waals surface area (Å²) >= 11 is 6.26. The van der Waals surface area contributed by atoms with Crippen LogP contribution >= 0.6 is 11.6 Å². The van der Waals surface area contributed by atoms with Crippen LogP contribution in [0.25, 0.3) is 0 Å². The lowest BCUT2D eigenvalue weighted by atomic mass is 10.1. The summed E-state index contributed by atoms with van der Waals surface area (Å²) in [6.45, 7) is 0.505. The van der Waals surface area contributed by atoms with Gasteiger partial charge in [0.15, 0.2) is 0 Å². The van der Waals surface area contributed by atoms with Crippen LogP contribution in [0.1, 0.15) is 45.9 Å². The summed E-state index contributed by atoms with van der Waals surface area (Å²) in [5.74, 6) is -1.09. The third kappa shape index (κ3) is 6.36. The van der Waals surface area contributed by atoms with Gasteiger partial charge in [0, 0.05) is 24.0 Å². The van der Waals surface area contributed by atoms with Gasteiger partial charge in [0.05, 0.1) is 12.1 Å². The zero-order valence-electron chi connectivity index (χ0n) is 18.4. The molecule has 0 amide bonds. The van der Waals surface area contributed by atoms with Gasteiger partial charge in [-0.2, -0.15) is 0 Å². The Balaban J connectivity index is 1.58. The first-order chi connectivity index (χ1) is 16.6. The average molecular weight is 507 g/mol. The number of ether oxygens (including phenoxy) is 1. The molecule has 0 saturated heterocycles. The fraction of sp³-hybridized carbons (Fsp3) is 0.280. The number of pyridine rings is 1. The molecule has 0 aliphatic heterocycles. The lowest BCUT2D eigenvalue weighted by molar-refractivity contribution is -0.274. The van der Waals surface area contributed by atoms with Gasteiger partial charge in [0.1, 0.15) is 10.8 Å². The van der Waals surface area contributed by atoms with Crippen molar-refractivity contribution in [3.8, 4) is 5.75 Å². The Morgan fingerprint density at radius 2 is 1.86 bits per heavy atom. The van der Waals surface area contributed by atoms with E-state index in [0.29, 0.717) is 24.3 Å². The lowest BCUT2D eigenvalue weighted by Gasteiger charge is -2.19. The first-order valence-electron chi connectivity index (χ1n) is 10.9. The minimum Gasteiger partial charge on any atom is -0.478 e. The molecule has 1 fully saturated rings. The summed E-state index contributed by atoms with van der Waals surface area (Å²) < 4.78 is 43.3. The fourth-order valence-electron chi connectivity index (χ4n) is 3.91. The molecule has 1 heterocycles. The second kappa shape index (κ2) is 10.0. The molecule has 1 aliphatic rings. The molecular formula is C25H22ClF3N2O4. The lowest BCUT2D eigenvalue weighted by Crippen LogP contribution is -2.28. The summed E-state index contributed by atoms with van der Waals surface area (Å²) in [6.07, 6.45) is -2.40. The highest BCUT2D eigenvalue weighted by Crippen LogP contribution is 2.42. The van der Waals surface area contributed by atoms with E-state index in [1.54, 1.807) is 28.8 Å². The van der Waals surface area contributed by atoms with Crippen LogP contribution in [0.15, 0.2) is 59.4 Å². The maximum atomic E-state index is 13.0. The van der Waals surface area contributed by atoms with Crippen molar-refractivity contribution < 1.29 is 27.8 Å². The molecule has 0 atom stereocenters. The van der Waals surface area contributed by atoms with Crippen molar-refractivity contribution in [1.29, 1.82) is 0 Å². The number of nitrogens with zero attached hydrogens (tertiary/aromatic N) is 1. The number of benzene rings is 2. The van der Waals surface area contributed by atoms with Gasteiger partial charge in [0.25, 0.3) is 5.56 Å². The molecule has 1 aromatic heterocycles. The number of rotatable bonds is 9. The number of aryl methyl sites for hydroxylation is 1. The van der Waals surface area contributed by atoms with E-state index < -0.39 is 12.3 Å². The first-order valence-corrected chi connectivity index (χ1v) is 11.3. The quantitative estimate of drug-likeness (QED) is 0.381. The van der Waals surface area contributed by atoms with Gasteiger partial charge < -0.3 is 19.7 Å². The molecule has 0 unspecified atom stereocenters. The van der Waals surface area contributed by atoms with Crippen molar-refractivity contribution in [1.82, 2.24) is 4.57 Å². The Morgan fingerprint density at radius 3 is 2.49 bits per heavy atom. The number of alkyl halides is 3. The van der Waals surface area contributed by atoms with Crippen molar-refractivity contribution in [3.63, 3.8) is 0 Å². The van der Waals surface area contributed by atoms with Crippen LogP contribution < -0.4 is 15.6 Å². The van der Waals surface area contributed by atoms with E-state index in [4.69, 9.17) is 16.7 Å². The molecule has 3 aromatic rings. The number of hydrogen-bond donors (Lipinski definition) is 2. The maximum Gasteiger partial charge on any atom is 0.573 e. The second-order valence-corrected chi connectivity index (χ2v) is 8.71. The molecule has 0 radical (unpaired) electrons. The molecule has 2 N–H and O–H groups in total. The molecule has 6 nitrogen and oxygen atoms in total. The number of nitrogens with one attached hydrogen (secondary N) is 1. The van der Waals surface area contributed by atoms with Crippen LogP contribution in [0.2, 0.25) is 5.02 Å². The number of aromatic carboxylic acids is 1. The number of hydrogen-bond acceptors (Lipinski definition) is 4. The Bertz CT molecular complexity index is 1290. The molecule has 4 rings (SSSR count). The summed E-state index contributed by atoms with van der Waals surface area (Å²) in [6, 6.07) is 13.6. The number of anilines is 1. The standard InChI is InChI=1S/C25H22ClF3N2O4/c26-21-13-20(16-8-9-16)22(14-30-18-2-1-3-19(12-18)35-25(27,28)29)31(23(21)32)11-10-15-4-6-17(7-5-15)24(33)34/h1-7,12-13,16,30H,8-11,14H2,(H,33,34). The Labute approximate surface area is 203 Å². The predicted molar refractivity (Wildman–Crippen MR) is 125 cm³/mol. The zero-order valence-corrected chi connectivity index (χ0v) is 19.2. The van der Waals surface area contributed by atoms with E-state index in [1.807, 2.05) is 0 Å². The number of aromatic nitrogens is 1. The highest BCUT2D eigenvalue weighted by atomic mass is 35.5. The normalized spacial score (nSPS) is 13.5. The fourth-order valence-corrected chi connectivity index (χ4v) is 4.13. The van der Waals surface area contributed by atoms with Crippen molar-refractivity contribution in [2.75, 3.05) is 5.32 Å². The molecule has 10 heteroatoms. The Kier molecular flexibility index (Phi) is 7.07. The minimum atomic E-state index is -4.79.